The summed E-state index contributed by atoms with van der Waals surface area (Å²) in [6.45, 7) is 0.00107. The number of aromatic carboxylic acids is 1. The number of hydrogen-bond acceptors (Lipinski definition) is 6. The van der Waals surface area contributed by atoms with Gasteiger partial charge in [-0.3, -0.25) is 19.7 Å². The van der Waals surface area contributed by atoms with Crippen LogP contribution in [-0.2, 0) is 16.1 Å². The summed E-state index contributed by atoms with van der Waals surface area (Å²) in [5, 5.41) is 31.0. The van der Waals surface area contributed by atoms with Crippen molar-refractivity contribution in [3.05, 3.63) is 117 Å². The highest BCUT2D eigenvalue weighted by atomic mass is 16.6. The zero-order valence-corrected chi connectivity index (χ0v) is 17.6. The molecule has 0 saturated carbocycles. The highest BCUT2D eigenvalue weighted by Gasteiger charge is 2.46. The number of carbonyl (C=O) groups is 3. The first-order valence-corrected chi connectivity index (χ1v) is 10.2. The Morgan fingerprint density at radius 2 is 1.47 bits per heavy atom. The molecule has 1 aliphatic heterocycles. The normalized spacial score (nSPS) is 17.1. The third-order valence-corrected chi connectivity index (χ3v) is 5.56. The maximum Gasteiger partial charge on any atom is 0.335 e. The lowest BCUT2D eigenvalue weighted by molar-refractivity contribution is -0.384. The van der Waals surface area contributed by atoms with E-state index in [0.29, 0.717) is 11.1 Å². The summed E-state index contributed by atoms with van der Waals surface area (Å²) in [5.41, 5.74) is 1.13. The fourth-order valence-electron chi connectivity index (χ4n) is 3.87. The van der Waals surface area contributed by atoms with Gasteiger partial charge < -0.3 is 15.1 Å². The lowest BCUT2D eigenvalue weighted by Crippen LogP contribution is -2.29. The van der Waals surface area contributed by atoms with Crippen LogP contribution in [0.3, 0.4) is 0 Å². The monoisotopic (exact) mass is 458 g/mol. The molecule has 170 valence electrons. The fourth-order valence-corrected chi connectivity index (χ4v) is 3.87. The van der Waals surface area contributed by atoms with Gasteiger partial charge in [0.25, 0.3) is 17.4 Å². The van der Waals surface area contributed by atoms with Crippen LogP contribution in [0.25, 0.3) is 5.76 Å². The smallest absolute Gasteiger partial charge is 0.335 e. The number of carboxylic acid groups (broad SMARTS) is 1. The maximum atomic E-state index is 13.0. The Hall–Kier alpha value is -4.79. The Kier molecular flexibility index (Phi) is 5.92. The standard InChI is InChI=1S/C25H18N2O7/c28-22(17-10-12-19(13-11-17)27(33)34)20-21(16-4-2-1-3-5-16)26(24(30)23(20)29)14-15-6-8-18(9-7-15)25(31)32/h1-13,21,28H,14H2,(H,31,32)/b22-20-. The molecular weight excluding hydrogens is 440 g/mol. The second-order valence-electron chi connectivity index (χ2n) is 7.64. The number of nitro benzene ring substituents is 1. The highest BCUT2D eigenvalue weighted by Crippen LogP contribution is 2.40. The summed E-state index contributed by atoms with van der Waals surface area (Å²) in [6.07, 6.45) is 0. The quantitative estimate of drug-likeness (QED) is 0.188. The largest absolute Gasteiger partial charge is 0.507 e. The van der Waals surface area contributed by atoms with Gasteiger partial charge in [0.15, 0.2) is 0 Å². The van der Waals surface area contributed by atoms with Gasteiger partial charge >= 0.3 is 5.97 Å². The highest BCUT2D eigenvalue weighted by molar-refractivity contribution is 6.46. The number of hydrogen-bond donors (Lipinski definition) is 2. The van der Waals surface area contributed by atoms with Gasteiger partial charge in [-0.15, -0.1) is 0 Å². The van der Waals surface area contributed by atoms with Gasteiger partial charge in [-0.05, 0) is 35.4 Å². The van der Waals surface area contributed by atoms with Gasteiger partial charge in [0, 0.05) is 24.2 Å². The molecule has 1 amide bonds. The Bertz CT molecular complexity index is 1310. The van der Waals surface area contributed by atoms with Crippen molar-refractivity contribution in [1.82, 2.24) is 4.90 Å². The van der Waals surface area contributed by atoms with E-state index in [2.05, 4.69) is 0 Å². The molecule has 0 radical (unpaired) electrons. The molecule has 0 aliphatic carbocycles. The molecule has 1 fully saturated rings. The van der Waals surface area contributed by atoms with Crippen molar-refractivity contribution in [3.8, 4) is 0 Å². The number of non-ortho nitro benzene ring substituents is 1. The molecule has 9 nitrogen and oxygen atoms in total. The van der Waals surface area contributed by atoms with E-state index in [1.807, 2.05) is 0 Å². The molecule has 3 aromatic rings. The Morgan fingerprint density at radius 3 is 2.03 bits per heavy atom. The Labute approximate surface area is 193 Å². The molecule has 4 rings (SSSR count). The van der Waals surface area contributed by atoms with E-state index in [-0.39, 0.29) is 28.9 Å². The summed E-state index contributed by atoms with van der Waals surface area (Å²) < 4.78 is 0. The molecular formula is C25H18N2O7. The van der Waals surface area contributed by atoms with E-state index in [1.54, 1.807) is 42.5 Å². The zero-order chi connectivity index (χ0) is 24.4. The zero-order valence-electron chi connectivity index (χ0n) is 17.6. The van der Waals surface area contributed by atoms with Gasteiger partial charge in [0.05, 0.1) is 22.1 Å². The first-order valence-electron chi connectivity index (χ1n) is 10.2. The lowest BCUT2D eigenvalue weighted by Gasteiger charge is -2.25. The summed E-state index contributed by atoms with van der Waals surface area (Å²) in [4.78, 5) is 48.8. The van der Waals surface area contributed by atoms with Crippen LogP contribution in [0, 0.1) is 10.1 Å². The number of carbonyl (C=O) groups excluding carboxylic acids is 2. The van der Waals surface area contributed by atoms with Crippen LogP contribution in [-0.4, -0.2) is 37.7 Å². The number of nitrogens with zero attached hydrogens (tertiary/aromatic N) is 2. The number of rotatable bonds is 6. The number of aliphatic hydroxyl groups is 1. The van der Waals surface area contributed by atoms with Gasteiger partial charge in [-0.2, -0.15) is 0 Å². The SMILES string of the molecule is O=C1C(=O)N(Cc2ccc(C(=O)O)cc2)C(c2ccccc2)/C1=C(/O)c1ccc([N+](=O)[O-])cc1. The van der Waals surface area contributed by atoms with Gasteiger partial charge in [-0.1, -0.05) is 42.5 Å². The molecule has 0 spiro atoms. The van der Waals surface area contributed by atoms with Crippen LogP contribution >= 0.6 is 0 Å². The van der Waals surface area contributed by atoms with Crippen LogP contribution in [0.4, 0.5) is 5.69 Å². The lowest BCUT2D eigenvalue weighted by atomic mass is 9.95. The van der Waals surface area contributed by atoms with Crippen molar-refractivity contribution in [2.75, 3.05) is 0 Å². The molecule has 1 unspecified atom stereocenters. The number of carboxylic acids is 1. The van der Waals surface area contributed by atoms with Crippen molar-refractivity contribution >= 4 is 29.1 Å². The summed E-state index contributed by atoms with van der Waals surface area (Å²) in [5.74, 6) is -3.23. The topological polar surface area (TPSA) is 138 Å². The van der Waals surface area contributed by atoms with Crippen LogP contribution < -0.4 is 0 Å². The van der Waals surface area contributed by atoms with Crippen molar-refractivity contribution < 1.29 is 29.5 Å². The first kappa shape index (κ1) is 22.4. The van der Waals surface area contributed by atoms with Crippen LogP contribution in [0.1, 0.15) is 33.1 Å². The molecule has 3 aromatic carbocycles. The number of ketones is 1. The Morgan fingerprint density at radius 1 is 0.882 bits per heavy atom. The van der Waals surface area contributed by atoms with Crippen molar-refractivity contribution in [2.45, 2.75) is 12.6 Å². The molecule has 1 atom stereocenters. The van der Waals surface area contributed by atoms with E-state index >= 15 is 0 Å². The van der Waals surface area contributed by atoms with Crippen LogP contribution in [0.5, 0.6) is 0 Å². The fraction of sp³-hybridized carbons (Fsp3) is 0.0800. The van der Waals surface area contributed by atoms with Crippen molar-refractivity contribution in [2.24, 2.45) is 0 Å². The van der Waals surface area contributed by atoms with E-state index < -0.39 is 34.4 Å². The molecule has 0 bridgehead atoms. The van der Waals surface area contributed by atoms with Gasteiger partial charge in [-0.25, -0.2) is 4.79 Å². The van der Waals surface area contributed by atoms with E-state index in [4.69, 9.17) is 5.11 Å². The van der Waals surface area contributed by atoms with E-state index in [0.717, 1.165) is 0 Å². The third-order valence-electron chi connectivity index (χ3n) is 5.56. The number of benzene rings is 3. The minimum absolute atomic E-state index is 0.00107. The van der Waals surface area contributed by atoms with Gasteiger partial charge in [0.1, 0.15) is 5.76 Å². The number of likely N-dealkylation sites (tertiary alicyclic amines) is 1. The predicted octanol–water partition coefficient (Wildman–Crippen LogP) is 3.91. The predicted molar refractivity (Wildman–Crippen MR) is 121 cm³/mol. The molecule has 1 aliphatic rings. The molecule has 2 N–H and O–H groups in total. The second kappa shape index (κ2) is 8.99. The summed E-state index contributed by atoms with van der Waals surface area (Å²) >= 11 is 0. The summed E-state index contributed by atoms with van der Waals surface area (Å²) in [7, 11) is 0. The number of nitro groups is 1. The van der Waals surface area contributed by atoms with Crippen LogP contribution in [0.15, 0.2) is 84.4 Å². The minimum Gasteiger partial charge on any atom is -0.507 e. The van der Waals surface area contributed by atoms with Gasteiger partial charge in [0.2, 0.25) is 0 Å². The number of Topliss-reactive ketones (excluding diaryl/α,β-unsaturated/α-hetero) is 1. The molecule has 1 saturated heterocycles. The van der Waals surface area contributed by atoms with E-state index in [1.165, 1.54) is 41.3 Å². The average Bonchev–Trinajstić information content (AvgIpc) is 3.09. The minimum atomic E-state index is -1.08. The Balaban J connectivity index is 1.79. The average molecular weight is 458 g/mol. The molecule has 9 heteroatoms. The molecule has 34 heavy (non-hydrogen) atoms. The number of aliphatic hydroxyl groups excluding tert-OH is 1. The third kappa shape index (κ3) is 4.14. The number of amides is 1. The van der Waals surface area contributed by atoms with Crippen LogP contribution in [0.2, 0.25) is 0 Å². The van der Waals surface area contributed by atoms with Crippen molar-refractivity contribution in [3.63, 3.8) is 0 Å². The van der Waals surface area contributed by atoms with Crippen molar-refractivity contribution in [1.29, 1.82) is 0 Å². The summed E-state index contributed by atoms with van der Waals surface area (Å²) in [6, 6.07) is 18.7. The van der Waals surface area contributed by atoms with E-state index in [9.17, 15) is 29.6 Å². The first-order chi connectivity index (χ1) is 16.3. The molecule has 0 aromatic heterocycles. The molecule has 1 heterocycles. The second-order valence-corrected chi connectivity index (χ2v) is 7.64. The maximum absolute atomic E-state index is 13.0.